The van der Waals surface area contributed by atoms with Crippen LogP contribution >= 0.6 is 0 Å². The van der Waals surface area contributed by atoms with E-state index in [0.29, 0.717) is 6.42 Å². The van der Waals surface area contributed by atoms with E-state index < -0.39 is 5.60 Å². The van der Waals surface area contributed by atoms with E-state index in [4.69, 9.17) is 9.47 Å². The molecule has 1 saturated carbocycles. The molecule has 4 heteroatoms. The summed E-state index contributed by atoms with van der Waals surface area (Å²) in [5.74, 6) is -0.344. The minimum absolute atomic E-state index is 0.00696. The van der Waals surface area contributed by atoms with Crippen LogP contribution in [-0.2, 0) is 14.3 Å². The van der Waals surface area contributed by atoms with Gasteiger partial charge in [-0.1, -0.05) is 0 Å². The average molecular weight is 216 g/mol. The van der Waals surface area contributed by atoms with E-state index in [1.165, 1.54) is 0 Å². The van der Waals surface area contributed by atoms with E-state index in [9.17, 15) is 9.90 Å². The Morgan fingerprint density at radius 3 is 2.53 bits per heavy atom. The highest BCUT2D eigenvalue weighted by Crippen LogP contribution is 2.21. The van der Waals surface area contributed by atoms with E-state index in [0.717, 1.165) is 12.8 Å². The van der Waals surface area contributed by atoms with Crippen molar-refractivity contribution >= 4 is 5.97 Å². The van der Waals surface area contributed by atoms with Crippen LogP contribution < -0.4 is 0 Å². The van der Waals surface area contributed by atoms with Crippen LogP contribution in [0.5, 0.6) is 0 Å². The molecule has 0 heterocycles. The van der Waals surface area contributed by atoms with Gasteiger partial charge >= 0.3 is 5.97 Å². The van der Waals surface area contributed by atoms with E-state index in [1.807, 2.05) is 20.8 Å². The molecule has 0 spiro atoms. The average Bonchev–Trinajstić information content (AvgIpc) is 2.45. The van der Waals surface area contributed by atoms with Gasteiger partial charge < -0.3 is 14.6 Å². The summed E-state index contributed by atoms with van der Waals surface area (Å²) >= 11 is 0. The molecule has 0 aromatic rings. The molecule has 15 heavy (non-hydrogen) atoms. The highest BCUT2D eigenvalue weighted by Gasteiger charge is 2.25. The van der Waals surface area contributed by atoms with Gasteiger partial charge in [-0.2, -0.15) is 0 Å². The molecule has 0 saturated heterocycles. The van der Waals surface area contributed by atoms with Crippen molar-refractivity contribution in [2.45, 2.75) is 57.8 Å². The fraction of sp³-hybridized carbons (Fsp3) is 0.909. The lowest BCUT2D eigenvalue weighted by Crippen LogP contribution is -2.28. The second kappa shape index (κ2) is 4.94. The number of hydrogen-bond acceptors (Lipinski definition) is 4. The third-order valence-corrected chi connectivity index (χ3v) is 2.21. The number of rotatable bonds is 3. The third-order valence-electron chi connectivity index (χ3n) is 2.21. The molecule has 1 fully saturated rings. The molecular weight excluding hydrogens is 196 g/mol. The molecule has 0 aromatic heterocycles. The number of esters is 1. The second-order valence-electron chi connectivity index (χ2n) is 4.99. The standard InChI is InChI=1S/C11H20O4/c1-11(2,3)15-10(13)7-14-9-5-4-8(12)6-9/h8-9,12H,4-7H2,1-3H3/t8-,9-/m0/s1. The molecule has 2 atom stereocenters. The van der Waals surface area contributed by atoms with Crippen LogP contribution in [0.3, 0.4) is 0 Å². The van der Waals surface area contributed by atoms with Gasteiger partial charge in [0.2, 0.25) is 0 Å². The van der Waals surface area contributed by atoms with Crippen LogP contribution in [0.15, 0.2) is 0 Å². The van der Waals surface area contributed by atoms with Gasteiger partial charge in [0, 0.05) is 0 Å². The largest absolute Gasteiger partial charge is 0.458 e. The van der Waals surface area contributed by atoms with Crippen LogP contribution in [0.1, 0.15) is 40.0 Å². The predicted molar refractivity (Wildman–Crippen MR) is 55.4 cm³/mol. The fourth-order valence-electron chi connectivity index (χ4n) is 1.63. The molecule has 0 amide bonds. The van der Waals surface area contributed by atoms with E-state index in [1.54, 1.807) is 0 Å². The van der Waals surface area contributed by atoms with Crippen molar-refractivity contribution in [1.29, 1.82) is 0 Å². The molecule has 1 aliphatic rings. The number of aliphatic hydroxyl groups excluding tert-OH is 1. The van der Waals surface area contributed by atoms with Crippen molar-refractivity contribution in [2.24, 2.45) is 0 Å². The Hall–Kier alpha value is -0.610. The molecule has 1 N–H and O–H groups in total. The Morgan fingerprint density at radius 2 is 2.07 bits per heavy atom. The molecular formula is C11H20O4. The zero-order valence-corrected chi connectivity index (χ0v) is 9.66. The molecule has 1 rings (SSSR count). The van der Waals surface area contributed by atoms with Gasteiger partial charge in [-0.05, 0) is 40.0 Å². The zero-order valence-electron chi connectivity index (χ0n) is 9.66. The van der Waals surface area contributed by atoms with Gasteiger partial charge in [0.1, 0.15) is 12.2 Å². The molecule has 0 unspecified atom stereocenters. The first-order valence-electron chi connectivity index (χ1n) is 5.38. The molecule has 0 aromatic carbocycles. The fourth-order valence-corrected chi connectivity index (χ4v) is 1.63. The van der Waals surface area contributed by atoms with Crippen molar-refractivity contribution in [1.82, 2.24) is 0 Å². The molecule has 1 aliphatic carbocycles. The van der Waals surface area contributed by atoms with Gasteiger partial charge in [-0.3, -0.25) is 0 Å². The first kappa shape index (κ1) is 12.5. The zero-order chi connectivity index (χ0) is 11.5. The molecule has 88 valence electrons. The maximum absolute atomic E-state index is 11.3. The summed E-state index contributed by atoms with van der Waals surface area (Å²) in [6.07, 6.45) is 1.95. The Balaban J connectivity index is 2.17. The summed E-state index contributed by atoms with van der Waals surface area (Å²) in [4.78, 5) is 11.3. The van der Waals surface area contributed by atoms with Crippen LogP contribution in [-0.4, -0.2) is 35.5 Å². The maximum Gasteiger partial charge on any atom is 0.332 e. The number of hydrogen-bond donors (Lipinski definition) is 1. The molecule has 0 aliphatic heterocycles. The highest BCUT2D eigenvalue weighted by atomic mass is 16.6. The van der Waals surface area contributed by atoms with Gasteiger partial charge in [0.05, 0.1) is 12.2 Å². The summed E-state index contributed by atoms with van der Waals surface area (Å²) in [6.45, 7) is 5.45. The quantitative estimate of drug-likeness (QED) is 0.721. The van der Waals surface area contributed by atoms with E-state index >= 15 is 0 Å². The van der Waals surface area contributed by atoms with E-state index in [-0.39, 0.29) is 24.8 Å². The Labute approximate surface area is 90.6 Å². The van der Waals surface area contributed by atoms with Gasteiger partial charge in [-0.25, -0.2) is 4.79 Å². The van der Waals surface area contributed by atoms with Crippen molar-refractivity contribution in [3.05, 3.63) is 0 Å². The lowest BCUT2D eigenvalue weighted by molar-refractivity contribution is -0.162. The number of ether oxygens (including phenoxy) is 2. The van der Waals surface area contributed by atoms with Crippen LogP contribution in [0.4, 0.5) is 0 Å². The van der Waals surface area contributed by atoms with Crippen molar-refractivity contribution in [3.63, 3.8) is 0 Å². The van der Waals surface area contributed by atoms with Crippen molar-refractivity contribution in [3.8, 4) is 0 Å². The highest BCUT2D eigenvalue weighted by molar-refractivity contribution is 5.71. The Morgan fingerprint density at radius 1 is 1.40 bits per heavy atom. The topological polar surface area (TPSA) is 55.8 Å². The molecule has 0 radical (unpaired) electrons. The lowest BCUT2D eigenvalue weighted by Gasteiger charge is -2.20. The summed E-state index contributed by atoms with van der Waals surface area (Å²) in [5, 5.41) is 9.26. The van der Waals surface area contributed by atoms with Gasteiger partial charge in [0.15, 0.2) is 0 Å². The predicted octanol–water partition coefficient (Wildman–Crippen LogP) is 1.26. The molecule has 4 nitrogen and oxygen atoms in total. The smallest absolute Gasteiger partial charge is 0.332 e. The monoisotopic (exact) mass is 216 g/mol. The minimum atomic E-state index is -0.463. The normalized spacial score (nSPS) is 26.7. The first-order valence-corrected chi connectivity index (χ1v) is 5.38. The number of aliphatic hydroxyl groups is 1. The maximum atomic E-state index is 11.3. The SMILES string of the molecule is CC(C)(C)OC(=O)CO[C@H]1CC[C@H](O)C1. The number of carbonyl (C=O) groups is 1. The van der Waals surface area contributed by atoms with Gasteiger partial charge in [0.25, 0.3) is 0 Å². The molecule has 0 bridgehead atoms. The van der Waals surface area contributed by atoms with E-state index in [2.05, 4.69) is 0 Å². The Kier molecular flexibility index (Phi) is 4.11. The van der Waals surface area contributed by atoms with Crippen LogP contribution in [0.25, 0.3) is 0 Å². The van der Waals surface area contributed by atoms with Crippen molar-refractivity contribution in [2.75, 3.05) is 6.61 Å². The third kappa shape index (κ3) is 5.14. The van der Waals surface area contributed by atoms with Crippen molar-refractivity contribution < 1.29 is 19.4 Å². The summed E-state index contributed by atoms with van der Waals surface area (Å²) < 4.78 is 10.4. The lowest BCUT2D eigenvalue weighted by atomic mass is 10.2. The second-order valence-corrected chi connectivity index (χ2v) is 4.99. The van der Waals surface area contributed by atoms with Gasteiger partial charge in [-0.15, -0.1) is 0 Å². The minimum Gasteiger partial charge on any atom is -0.458 e. The Bertz CT molecular complexity index is 219. The first-order chi connectivity index (χ1) is 6.87. The summed E-state index contributed by atoms with van der Waals surface area (Å²) in [6, 6.07) is 0. The number of carbonyl (C=O) groups excluding carboxylic acids is 1. The van der Waals surface area contributed by atoms with Crippen LogP contribution in [0.2, 0.25) is 0 Å². The van der Waals surface area contributed by atoms with Crippen LogP contribution in [0, 0.1) is 0 Å². The summed E-state index contributed by atoms with van der Waals surface area (Å²) in [5.41, 5.74) is -0.463. The summed E-state index contributed by atoms with van der Waals surface area (Å²) in [7, 11) is 0.